The molecule has 0 unspecified atom stereocenters. The van der Waals surface area contributed by atoms with Crippen LogP contribution < -0.4 is 5.32 Å². The second kappa shape index (κ2) is 5.83. The number of hydrogen-bond acceptors (Lipinski definition) is 3. The van der Waals surface area contributed by atoms with Crippen LogP contribution in [0.3, 0.4) is 0 Å². The van der Waals surface area contributed by atoms with Gasteiger partial charge in [0.05, 0.1) is 17.3 Å². The number of carbonyl (C=O) groups is 1. The van der Waals surface area contributed by atoms with Gasteiger partial charge in [0, 0.05) is 8.04 Å². The first-order valence-corrected chi connectivity index (χ1v) is 6.01. The van der Waals surface area contributed by atoms with Gasteiger partial charge in [-0.2, -0.15) is 10.5 Å². The van der Waals surface area contributed by atoms with Crippen LogP contribution in [-0.4, -0.2) is 5.91 Å². The Bertz CT molecular complexity index is 516. The average Bonchev–Trinajstić information content (AvgIpc) is 2.22. The summed E-state index contributed by atoms with van der Waals surface area (Å²) in [6, 6.07) is 7.14. The molecule has 0 spiro atoms. The molecule has 16 heavy (non-hydrogen) atoms. The molecule has 0 aliphatic carbocycles. The zero-order chi connectivity index (χ0) is 12.1. The van der Waals surface area contributed by atoms with Crippen LogP contribution in [0.4, 0.5) is 5.69 Å². The lowest BCUT2D eigenvalue weighted by molar-refractivity contribution is -0.115. The summed E-state index contributed by atoms with van der Waals surface area (Å²) in [6.07, 6.45) is -0.225. The summed E-state index contributed by atoms with van der Waals surface area (Å²) in [5.74, 6) is -0.417. The molecular formula is C10H5BrIN3O. The van der Waals surface area contributed by atoms with E-state index in [1.807, 2.05) is 28.7 Å². The number of hydrogen-bond donors (Lipinski definition) is 1. The van der Waals surface area contributed by atoms with Crippen molar-refractivity contribution in [1.29, 1.82) is 10.5 Å². The summed E-state index contributed by atoms with van der Waals surface area (Å²) < 4.78 is 1.52. The minimum absolute atomic E-state index is 0.225. The molecule has 1 aromatic rings. The SMILES string of the molecule is N#CCC(=O)Nc1c(I)cc(Br)cc1C#N. The highest BCUT2D eigenvalue weighted by Crippen LogP contribution is 2.27. The quantitative estimate of drug-likeness (QED) is 0.790. The van der Waals surface area contributed by atoms with E-state index in [1.54, 1.807) is 18.2 Å². The molecule has 6 heteroatoms. The van der Waals surface area contributed by atoms with E-state index in [0.717, 1.165) is 8.04 Å². The molecule has 0 atom stereocenters. The van der Waals surface area contributed by atoms with Crippen LogP contribution in [0.15, 0.2) is 16.6 Å². The third-order valence-electron chi connectivity index (χ3n) is 1.68. The number of amides is 1. The maximum atomic E-state index is 11.3. The van der Waals surface area contributed by atoms with E-state index in [-0.39, 0.29) is 6.42 Å². The highest BCUT2D eigenvalue weighted by molar-refractivity contribution is 14.1. The molecule has 0 fully saturated rings. The van der Waals surface area contributed by atoms with E-state index in [4.69, 9.17) is 10.5 Å². The molecule has 0 aliphatic heterocycles. The third kappa shape index (κ3) is 3.19. The van der Waals surface area contributed by atoms with Crippen molar-refractivity contribution in [2.75, 3.05) is 5.32 Å². The molecule has 0 heterocycles. The lowest BCUT2D eigenvalue weighted by atomic mass is 10.2. The number of rotatable bonds is 2. The highest BCUT2D eigenvalue weighted by Gasteiger charge is 2.11. The van der Waals surface area contributed by atoms with E-state index in [9.17, 15) is 4.79 Å². The predicted molar refractivity (Wildman–Crippen MR) is 70.4 cm³/mol. The smallest absolute Gasteiger partial charge is 0.238 e. The van der Waals surface area contributed by atoms with Crippen molar-refractivity contribution in [3.05, 3.63) is 25.7 Å². The van der Waals surface area contributed by atoms with Crippen molar-refractivity contribution >= 4 is 50.1 Å². The van der Waals surface area contributed by atoms with Gasteiger partial charge >= 0.3 is 0 Å². The van der Waals surface area contributed by atoms with Gasteiger partial charge in [0.2, 0.25) is 5.91 Å². The Labute approximate surface area is 115 Å². The van der Waals surface area contributed by atoms with Crippen molar-refractivity contribution in [2.24, 2.45) is 0 Å². The normalized spacial score (nSPS) is 9.00. The summed E-state index contributed by atoms with van der Waals surface area (Å²) in [5.41, 5.74) is 0.816. The van der Waals surface area contributed by atoms with Gasteiger partial charge in [-0.15, -0.1) is 0 Å². The Morgan fingerprint density at radius 2 is 2.19 bits per heavy atom. The van der Waals surface area contributed by atoms with E-state index in [0.29, 0.717) is 11.3 Å². The van der Waals surface area contributed by atoms with Crippen LogP contribution >= 0.6 is 38.5 Å². The standard InChI is InChI=1S/C10H5BrIN3O/c11-7-3-6(5-14)10(8(12)4-7)15-9(16)1-2-13/h3-4H,1H2,(H,15,16). The zero-order valence-electron chi connectivity index (χ0n) is 7.92. The molecule has 0 radical (unpaired) electrons. The van der Waals surface area contributed by atoms with E-state index in [2.05, 4.69) is 21.2 Å². The number of carbonyl (C=O) groups excluding carboxylic acids is 1. The van der Waals surface area contributed by atoms with E-state index in [1.165, 1.54) is 0 Å². The lowest BCUT2D eigenvalue weighted by Crippen LogP contribution is -2.12. The first-order valence-electron chi connectivity index (χ1n) is 4.14. The number of anilines is 1. The van der Waals surface area contributed by atoms with Crippen molar-refractivity contribution in [3.8, 4) is 12.1 Å². The summed E-state index contributed by atoms with van der Waals surface area (Å²) in [7, 11) is 0. The third-order valence-corrected chi connectivity index (χ3v) is 2.99. The molecule has 1 amide bonds. The van der Waals surface area contributed by atoms with E-state index >= 15 is 0 Å². The summed E-state index contributed by atoms with van der Waals surface area (Å²) in [6.45, 7) is 0. The zero-order valence-corrected chi connectivity index (χ0v) is 11.7. The molecule has 1 rings (SSSR count). The van der Waals surface area contributed by atoms with Crippen molar-refractivity contribution in [3.63, 3.8) is 0 Å². The molecule has 0 saturated carbocycles. The van der Waals surface area contributed by atoms with Gasteiger partial charge in [-0.1, -0.05) is 15.9 Å². The average molecular weight is 390 g/mol. The van der Waals surface area contributed by atoms with Gasteiger partial charge in [-0.3, -0.25) is 4.79 Å². The van der Waals surface area contributed by atoms with Crippen LogP contribution in [0.5, 0.6) is 0 Å². The Kier molecular flexibility index (Phi) is 4.71. The van der Waals surface area contributed by atoms with Gasteiger partial charge < -0.3 is 5.32 Å². The predicted octanol–water partition coefficient (Wildman–Crippen LogP) is 2.78. The topological polar surface area (TPSA) is 76.7 Å². The molecule has 1 N–H and O–H groups in total. The monoisotopic (exact) mass is 389 g/mol. The van der Waals surface area contributed by atoms with Gasteiger partial charge in [-0.05, 0) is 34.7 Å². The summed E-state index contributed by atoms with van der Waals surface area (Å²) in [5, 5.41) is 19.8. The maximum absolute atomic E-state index is 11.3. The maximum Gasteiger partial charge on any atom is 0.238 e. The van der Waals surface area contributed by atoms with Crippen LogP contribution in [-0.2, 0) is 4.79 Å². The van der Waals surface area contributed by atoms with Crippen LogP contribution in [0, 0.1) is 26.2 Å². The number of benzene rings is 1. The van der Waals surface area contributed by atoms with Crippen molar-refractivity contribution in [1.82, 2.24) is 0 Å². The first kappa shape index (κ1) is 12.9. The Morgan fingerprint density at radius 3 is 2.75 bits per heavy atom. The fourth-order valence-corrected chi connectivity index (χ4v) is 2.69. The Balaban J connectivity index is 3.10. The van der Waals surface area contributed by atoms with Gasteiger partial charge in [0.15, 0.2) is 0 Å². The molecule has 0 bridgehead atoms. The molecular weight excluding hydrogens is 385 g/mol. The summed E-state index contributed by atoms with van der Waals surface area (Å²) >= 11 is 5.28. The number of nitrogens with zero attached hydrogens (tertiary/aromatic N) is 2. The van der Waals surface area contributed by atoms with Gasteiger partial charge in [0.1, 0.15) is 12.5 Å². The van der Waals surface area contributed by atoms with Crippen LogP contribution in [0.2, 0.25) is 0 Å². The van der Waals surface area contributed by atoms with Crippen molar-refractivity contribution < 1.29 is 4.79 Å². The minimum Gasteiger partial charge on any atom is -0.323 e. The molecule has 1 aromatic carbocycles. The largest absolute Gasteiger partial charge is 0.323 e. The molecule has 0 aromatic heterocycles. The fraction of sp³-hybridized carbons (Fsp3) is 0.100. The van der Waals surface area contributed by atoms with Gasteiger partial charge in [-0.25, -0.2) is 0 Å². The number of nitriles is 2. The first-order chi connectivity index (χ1) is 7.58. The fourth-order valence-electron chi connectivity index (χ4n) is 1.04. The molecule has 0 saturated heterocycles. The molecule has 80 valence electrons. The lowest BCUT2D eigenvalue weighted by Gasteiger charge is -2.08. The Hall–Kier alpha value is -1.12. The molecule has 0 aliphatic rings. The van der Waals surface area contributed by atoms with Crippen LogP contribution in [0.1, 0.15) is 12.0 Å². The Morgan fingerprint density at radius 1 is 1.50 bits per heavy atom. The second-order valence-electron chi connectivity index (χ2n) is 2.81. The molecule has 4 nitrogen and oxygen atoms in total. The van der Waals surface area contributed by atoms with Crippen LogP contribution in [0.25, 0.3) is 0 Å². The minimum atomic E-state index is -0.417. The summed E-state index contributed by atoms with van der Waals surface area (Å²) in [4.78, 5) is 11.3. The van der Waals surface area contributed by atoms with Gasteiger partial charge in [0.25, 0.3) is 0 Å². The highest BCUT2D eigenvalue weighted by atomic mass is 127. The number of halogens is 2. The van der Waals surface area contributed by atoms with Crippen molar-refractivity contribution in [2.45, 2.75) is 6.42 Å². The van der Waals surface area contributed by atoms with E-state index < -0.39 is 5.91 Å². The number of nitrogens with one attached hydrogen (secondary N) is 1. The second-order valence-corrected chi connectivity index (χ2v) is 4.88.